The van der Waals surface area contributed by atoms with E-state index in [1.165, 1.54) is 12.1 Å². The molecule has 0 spiro atoms. The van der Waals surface area contributed by atoms with E-state index in [2.05, 4.69) is 31.2 Å². The summed E-state index contributed by atoms with van der Waals surface area (Å²) in [5.41, 5.74) is -0.194. The minimum absolute atomic E-state index is 0.133. The van der Waals surface area contributed by atoms with Crippen molar-refractivity contribution in [3.05, 3.63) is 62.1 Å². The van der Waals surface area contributed by atoms with Crippen molar-refractivity contribution < 1.29 is 14.4 Å². The van der Waals surface area contributed by atoms with Crippen LogP contribution in [0.5, 0.6) is 0 Å². The average Bonchev–Trinajstić information content (AvgIpc) is 3.02. The number of benzene rings is 2. The highest BCUT2D eigenvalue weighted by atomic mass is 35.5. The highest BCUT2D eigenvalue weighted by molar-refractivity contribution is 6.36. The lowest BCUT2D eigenvalue weighted by molar-refractivity contribution is -0.130. The van der Waals surface area contributed by atoms with Crippen molar-refractivity contribution >= 4 is 69.7 Å². The molecule has 0 aromatic heterocycles. The molecule has 33 heavy (non-hydrogen) atoms. The van der Waals surface area contributed by atoms with E-state index >= 15 is 0 Å². The standard InChI is InChI=1S/C24H22Cl4N2O3/c1-22(2)23(3)6-7-24(22,21(32)29-16-9-14(26)8-15(27)10-16)12-19(23)30-33-20(31)17-5-4-13(25)11-18(17)28/h4-5,8-11H,6-7,12H2,1-3H3,(H,29,32). The molecule has 5 nitrogen and oxygen atoms in total. The van der Waals surface area contributed by atoms with Gasteiger partial charge >= 0.3 is 5.97 Å². The lowest BCUT2D eigenvalue weighted by Gasteiger charge is -2.39. The van der Waals surface area contributed by atoms with Crippen molar-refractivity contribution in [1.82, 2.24) is 0 Å². The molecule has 4 rings (SSSR count). The second-order valence-corrected chi connectivity index (χ2v) is 11.1. The summed E-state index contributed by atoms with van der Waals surface area (Å²) in [5, 5.41) is 8.68. The van der Waals surface area contributed by atoms with Gasteiger partial charge in [0.2, 0.25) is 5.91 Å². The highest BCUT2D eigenvalue weighted by Crippen LogP contribution is 2.71. The Hall–Kier alpha value is -1.79. The van der Waals surface area contributed by atoms with Crippen LogP contribution in [-0.2, 0) is 9.63 Å². The number of nitrogens with zero attached hydrogens (tertiary/aromatic N) is 1. The second-order valence-electron chi connectivity index (χ2n) is 9.37. The molecule has 2 unspecified atom stereocenters. The molecule has 0 saturated heterocycles. The fraction of sp³-hybridized carbons (Fsp3) is 0.375. The Balaban J connectivity index is 1.60. The molecule has 174 valence electrons. The van der Waals surface area contributed by atoms with E-state index in [1.807, 2.05) is 0 Å². The molecule has 2 aliphatic rings. The van der Waals surface area contributed by atoms with E-state index in [0.717, 1.165) is 6.42 Å². The molecular weight excluding hydrogens is 506 g/mol. The maximum Gasteiger partial charge on any atom is 0.367 e. The fourth-order valence-corrected chi connectivity index (χ4v) is 6.21. The number of carbonyl (C=O) groups excluding carboxylic acids is 2. The molecule has 0 heterocycles. The Bertz CT molecular complexity index is 1180. The van der Waals surface area contributed by atoms with Gasteiger partial charge in [-0.05, 0) is 54.7 Å². The molecule has 2 bridgehead atoms. The van der Waals surface area contributed by atoms with E-state index in [4.69, 9.17) is 51.2 Å². The van der Waals surface area contributed by atoms with Crippen molar-refractivity contribution in [2.45, 2.75) is 40.0 Å². The lowest BCUT2D eigenvalue weighted by Crippen LogP contribution is -2.43. The van der Waals surface area contributed by atoms with Gasteiger partial charge in [0, 0.05) is 32.6 Å². The molecule has 0 radical (unpaired) electrons. The number of rotatable bonds is 4. The Morgan fingerprint density at radius 2 is 1.61 bits per heavy atom. The molecule has 0 aliphatic heterocycles. The van der Waals surface area contributed by atoms with E-state index < -0.39 is 22.2 Å². The summed E-state index contributed by atoms with van der Waals surface area (Å²) in [4.78, 5) is 31.4. The van der Waals surface area contributed by atoms with E-state index in [-0.39, 0.29) is 16.5 Å². The summed E-state index contributed by atoms with van der Waals surface area (Å²) >= 11 is 24.2. The highest BCUT2D eigenvalue weighted by Gasteiger charge is 2.71. The minimum Gasteiger partial charge on any atom is -0.325 e. The van der Waals surface area contributed by atoms with Crippen LogP contribution in [0, 0.1) is 16.2 Å². The molecule has 1 amide bonds. The topological polar surface area (TPSA) is 67.8 Å². The molecule has 2 aromatic rings. The van der Waals surface area contributed by atoms with Crippen LogP contribution in [0.1, 0.15) is 50.4 Å². The monoisotopic (exact) mass is 526 g/mol. The van der Waals surface area contributed by atoms with Gasteiger partial charge in [-0.2, -0.15) is 0 Å². The van der Waals surface area contributed by atoms with Gasteiger partial charge in [0.1, 0.15) is 0 Å². The van der Waals surface area contributed by atoms with Gasteiger partial charge in [0.05, 0.1) is 21.7 Å². The number of amides is 1. The molecule has 9 heteroatoms. The molecule has 2 fully saturated rings. The maximum absolute atomic E-state index is 13.6. The largest absolute Gasteiger partial charge is 0.367 e. The minimum atomic E-state index is -0.723. The Morgan fingerprint density at radius 3 is 2.24 bits per heavy atom. The first kappa shape index (κ1) is 24.3. The SMILES string of the molecule is CC12CCC(C(=O)Nc3cc(Cl)cc(Cl)c3)(CC1=NOC(=O)c1ccc(Cl)cc1Cl)C2(C)C. The maximum atomic E-state index is 13.6. The second kappa shape index (κ2) is 8.46. The van der Waals surface area contributed by atoms with Gasteiger partial charge in [-0.3, -0.25) is 4.79 Å². The van der Waals surface area contributed by atoms with Gasteiger partial charge in [-0.15, -0.1) is 0 Å². The summed E-state index contributed by atoms with van der Waals surface area (Å²) in [6, 6.07) is 9.44. The number of nitrogens with one attached hydrogen (secondary N) is 1. The Morgan fingerprint density at radius 1 is 0.939 bits per heavy atom. The van der Waals surface area contributed by atoms with Gasteiger partial charge in [0.25, 0.3) is 0 Å². The van der Waals surface area contributed by atoms with Crippen molar-refractivity contribution in [2.75, 3.05) is 5.32 Å². The third kappa shape index (κ3) is 3.93. The van der Waals surface area contributed by atoms with Gasteiger partial charge in [-0.25, -0.2) is 4.79 Å². The zero-order valence-corrected chi connectivity index (χ0v) is 21.3. The molecule has 2 aromatic carbocycles. The average molecular weight is 528 g/mol. The number of oxime groups is 1. The molecule has 2 atom stereocenters. The lowest BCUT2D eigenvalue weighted by atomic mass is 9.64. The van der Waals surface area contributed by atoms with Crippen LogP contribution >= 0.6 is 46.4 Å². The number of hydrogen-bond acceptors (Lipinski definition) is 4. The van der Waals surface area contributed by atoms with Crippen LogP contribution in [0.15, 0.2) is 41.6 Å². The van der Waals surface area contributed by atoms with Crippen molar-refractivity contribution in [1.29, 1.82) is 0 Å². The number of halogens is 4. The normalized spacial score (nSPS) is 26.5. The summed E-state index contributed by atoms with van der Waals surface area (Å²) in [5.74, 6) is -0.813. The predicted molar refractivity (Wildman–Crippen MR) is 133 cm³/mol. The number of fused-ring (bicyclic) bond motifs is 2. The number of hydrogen-bond donors (Lipinski definition) is 1. The van der Waals surface area contributed by atoms with Crippen LogP contribution in [-0.4, -0.2) is 17.6 Å². The Labute approximate surface area is 212 Å². The fourth-order valence-electron chi connectivity index (χ4n) is 5.20. The van der Waals surface area contributed by atoms with Gasteiger partial charge in [0.15, 0.2) is 0 Å². The zero-order valence-electron chi connectivity index (χ0n) is 18.3. The molecular formula is C24H22Cl4N2O3. The van der Waals surface area contributed by atoms with E-state index in [9.17, 15) is 9.59 Å². The Kier molecular flexibility index (Phi) is 6.24. The van der Waals surface area contributed by atoms with Crippen LogP contribution in [0.2, 0.25) is 20.1 Å². The number of carbonyl (C=O) groups is 2. The predicted octanol–water partition coefficient (Wildman–Crippen LogP) is 7.67. The first-order chi connectivity index (χ1) is 15.4. The summed E-state index contributed by atoms with van der Waals surface area (Å²) in [7, 11) is 0. The third-order valence-electron chi connectivity index (χ3n) is 7.68. The van der Waals surface area contributed by atoms with Gasteiger partial charge < -0.3 is 10.2 Å². The smallest absolute Gasteiger partial charge is 0.325 e. The van der Waals surface area contributed by atoms with Gasteiger partial charge in [-0.1, -0.05) is 72.3 Å². The van der Waals surface area contributed by atoms with E-state index in [0.29, 0.717) is 39.3 Å². The van der Waals surface area contributed by atoms with Crippen LogP contribution in [0.25, 0.3) is 0 Å². The van der Waals surface area contributed by atoms with Crippen LogP contribution < -0.4 is 5.32 Å². The summed E-state index contributed by atoms with van der Waals surface area (Å²) < 4.78 is 0. The molecule has 2 aliphatic carbocycles. The molecule has 2 saturated carbocycles. The van der Waals surface area contributed by atoms with E-state index in [1.54, 1.807) is 24.3 Å². The zero-order chi connectivity index (χ0) is 24.2. The van der Waals surface area contributed by atoms with Crippen LogP contribution in [0.4, 0.5) is 5.69 Å². The first-order valence-electron chi connectivity index (χ1n) is 10.4. The van der Waals surface area contributed by atoms with Crippen molar-refractivity contribution in [3.63, 3.8) is 0 Å². The quantitative estimate of drug-likeness (QED) is 0.327. The summed E-state index contributed by atoms with van der Waals surface area (Å²) in [6.45, 7) is 6.18. The van der Waals surface area contributed by atoms with Crippen molar-refractivity contribution in [3.8, 4) is 0 Å². The summed E-state index contributed by atoms with van der Waals surface area (Å²) in [6.07, 6.45) is 1.80. The van der Waals surface area contributed by atoms with Crippen LogP contribution in [0.3, 0.4) is 0 Å². The number of anilines is 1. The first-order valence-corrected chi connectivity index (χ1v) is 11.9. The third-order valence-corrected chi connectivity index (χ3v) is 8.66. The molecule has 1 N–H and O–H groups in total. The van der Waals surface area contributed by atoms with Crippen molar-refractivity contribution in [2.24, 2.45) is 21.4 Å².